The van der Waals surface area contributed by atoms with Crippen molar-refractivity contribution in [2.24, 2.45) is 0 Å². The van der Waals surface area contributed by atoms with Gasteiger partial charge < -0.3 is 5.73 Å². The average Bonchev–Trinajstić information content (AvgIpc) is 3.05. The SMILES string of the molecule is CCc1ccc(-c2cc(N)ccc2-c2nc3ccccc3s2)cc1. The van der Waals surface area contributed by atoms with Gasteiger partial charge in [0.15, 0.2) is 0 Å². The molecule has 0 aliphatic heterocycles. The van der Waals surface area contributed by atoms with Crippen LogP contribution in [0.25, 0.3) is 31.9 Å². The molecule has 2 nitrogen and oxygen atoms in total. The Morgan fingerprint density at radius 1 is 0.917 bits per heavy atom. The highest BCUT2D eigenvalue weighted by Crippen LogP contribution is 2.37. The van der Waals surface area contributed by atoms with Crippen LogP contribution in [0.2, 0.25) is 0 Å². The number of aryl methyl sites for hydroxylation is 1. The molecule has 0 aliphatic carbocycles. The molecule has 0 aliphatic rings. The lowest BCUT2D eigenvalue weighted by Crippen LogP contribution is -1.90. The van der Waals surface area contributed by atoms with Gasteiger partial charge in [0.25, 0.3) is 0 Å². The number of benzene rings is 3. The van der Waals surface area contributed by atoms with Crippen molar-refractivity contribution < 1.29 is 0 Å². The molecular weight excluding hydrogens is 312 g/mol. The number of hydrogen-bond acceptors (Lipinski definition) is 3. The third kappa shape index (κ3) is 2.68. The number of rotatable bonds is 3. The number of nitrogens with zero attached hydrogens (tertiary/aromatic N) is 1. The monoisotopic (exact) mass is 330 g/mol. The van der Waals surface area contributed by atoms with Crippen molar-refractivity contribution in [1.82, 2.24) is 4.98 Å². The normalized spacial score (nSPS) is 11.0. The fourth-order valence-electron chi connectivity index (χ4n) is 2.89. The molecular formula is C21H18N2S. The quantitative estimate of drug-likeness (QED) is 0.484. The first-order valence-corrected chi connectivity index (χ1v) is 8.91. The summed E-state index contributed by atoms with van der Waals surface area (Å²) in [5.74, 6) is 0. The molecule has 3 heteroatoms. The molecule has 3 aromatic carbocycles. The predicted octanol–water partition coefficient (Wildman–Crippen LogP) is 5.77. The van der Waals surface area contributed by atoms with Crippen molar-refractivity contribution in [3.63, 3.8) is 0 Å². The Balaban J connectivity index is 1.88. The predicted molar refractivity (Wildman–Crippen MR) is 104 cm³/mol. The van der Waals surface area contributed by atoms with Crippen LogP contribution >= 0.6 is 11.3 Å². The first-order valence-electron chi connectivity index (χ1n) is 8.09. The second kappa shape index (κ2) is 6.10. The molecule has 0 bridgehead atoms. The van der Waals surface area contributed by atoms with E-state index in [9.17, 15) is 0 Å². The fraction of sp³-hybridized carbons (Fsp3) is 0.0952. The number of nitrogens with two attached hydrogens (primary N) is 1. The number of thiazole rings is 1. The fourth-order valence-corrected chi connectivity index (χ4v) is 3.90. The van der Waals surface area contributed by atoms with Gasteiger partial charge in [-0.15, -0.1) is 11.3 Å². The second-order valence-corrected chi connectivity index (χ2v) is 6.87. The average molecular weight is 330 g/mol. The number of hydrogen-bond donors (Lipinski definition) is 1. The van der Waals surface area contributed by atoms with Crippen LogP contribution in [-0.2, 0) is 6.42 Å². The molecule has 4 rings (SSSR count). The van der Waals surface area contributed by atoms with E-state index in [0.717, 1.165) is 33.8 Å². The van der Waals surface area contributed by atoms with Crippen LogP contribution in [0.3, 0.4) is 0 Å². The van der Waals surface area contributed by atoms with Crippen LogP contribution in [0.5, 0.6) is 0 Å². The van der Waals surface area contributed by atoms with Crippen molar-refractivity contribution in [1.29, 1.82) is 0 Å². The van der Waals surface area contributed by atoms with Gasteiger partial charge in [0.1, 0.15) is 5.01 Å². The molecule has 4 aromatic rings. The van der Waals surface area contributed by atoms with Gasteiger partial charge in [0, 0.05) is 11.3 Å². The van der Waals surface area contributed by atoms with Crippen LogP contribution < -0.4 is 5.73 Å². The van der Waals surface area contributed by atoms with Gasteiger partial charge in [0.2, 0.25) is 0 Å². The van der Waals surface area contributed by atoms with Crippen molar-refractivity contribution >= 4 is 27.2 Å². The Morgan fingerprint density at radius 2 is 1.71 bits per heavy atom. The zero-order valence-electron chi connectivity index (χ0n) is 13.5. The molecule has 0 spiro atoms. The summed E-state index contributed by atoms with van der Waals surface area (Å²) in [4.78, 5) is 4.81. The zero-order valence-corrected chi connectivity index (χ0v) is 14.3. The number of fused-ring (bicyclic) bond motifs is 1. The summed E-state index contributed by atoms with van der Waals surface area (Å²) in [6.07, 6.45) is 1.04. The van der Waals surface area contributed by atoms with Gasteiger partial charge in [-0.3, -0.25) is 0 Å². The standard InChI is InChI=1S/C21H18N2S/c1-2-14-7-9-15(10-8-14)18-13-16(22)11-12-17(18)21-23-19-5-3-4-6-20(19)24-21/h3-13H,2,22H2,1H3. The topological polar surface area (TPSA) is 38.9 Å². The lowest BCUT2D eigenvalue weighted by molar-refractivity contribution is 1.14. The summed E-state index contributed by atoms with van der Waals surface area (Å²) in [6.45, 7) is 2.17. The van der Waals surface area contributed by atoms with E-state index in [1.807, 2.05) is 18.2 Å². The molecule has 0 saturated heterocycles. The van der Waals surface area contributed by atoms with E-state index < -0.39 is 0 Å². The highest BCUT2D eigenvalue weighted by Gasteiger charge is 2.12. The van der Waals surface area contributed by atoms with Gasteiger partial charge in [-0.25, -0.2) is 4.98 Å². The minimum Gasteiger partial charge on any atom is -0.399 e. The first kappa shape index (κ1) is 14.9. The summed E-state index contributed by atoms with van der Waals surface area (Å²) >= 11 is 1.72. The molecule has 0 atom stereocenters. The summed E-state index contributed by atoms with van der Waals surface area (Å²) in [6, 6.07) is 23.0. The maximum absolute atomic E-state index is 6.06. The van der Waals surface area contributed by atoms with Crippen molar-refractivity contribution in [2.75, 3.05) is 5.73 Å². The summed E-state index contributed by atoms with van der Waals surface area (Å²) in [5.41, 5.74) is 12.7. The minimum atomic E-state index is 0.773. The van der Waals surface area contributed by atoms with Crippen molar-refractivity contribution in [3.8, 4) is 21.7 Å². The highest BCUT2D eigenvalue weighted by molar-refractivity contribution is 7.21. The van der Waals surface area contributed by atoms with Gasteiger partial charge in [-0.05, 0) is 53.4 Å². The third-order valence-electron chi connectivity index (χ3n) is 4.24. The van der Waals surface area contributed by atoms with E-state index in [-0.39, 0.29) is 0 Å². The lowest BCUT2D eigenvalue weighted by Gasteiger charge is -2.09. The number of anilines is 1. The Hall–Kier alpha value is -2.65. The number of nitrogen functional groups attached to an aromatic ring is 1. The Morgan fingerprint density at radius 3 is 2.46 bits per heavy atom. The molecule has 0 amide bonds. The molecule has 2 N–H and O–H groups in total. The van der Waals surface area contributed by atoms with Crippen molar-refractivity contribution in [2.45, 2.75) is 13.3 Å². The van der Waals surface area contributed by atoms with E-state index >= 15 is 0 Å². The lowest BCUT2D eigenvalue weighted by atomic mass is 9.98. The smallest absolute Gasteiger partial charge is 0.125 e. The molecule has 0 fully saturated rings. The van der Waals surface area contributed by atoms with Gasteiger partial charge in [0.05, 0.1) is 10.2 Å². The Kier molecular flexibility index (Phi) is 3.79. The van der Waals surface area contributed by atoms with Crippen LogP contribution in [-0.4, -0.2) is 4.98 Å². The third-order valence-corrected chi connectivity index (χ3v) is 5.31. The van der Waals surface area contributed by atoms with E-state index in [1.165, 1.54) is 15.8 Å². The highest BCUT2D eigenvalue weighted by atomic mass is 32.1. The van der Waals surface area contributed by atoms with E-state index in [2.05, 4.69) is 55.5 Å². The molecule has 118 valence electrons. The van der Waals surface area contributed by atoms with Crippen LogP contribution in [0.15, 0.2) is 66.7 Å². The Labute approximate surface area is 145 Å². The molecule has 24 heavy (non-hydrogen) atoms. The minimum absolute atomic E-state index is 0.773. The Bertz CT molecular complexity index is 967. The zero-order chi connectivity index (χ0) is 16.5. The second-order valence-electron chi connectivity index (χ2n) is 5.84. The van der Waals surface area contributed by atoms with Crippen molar-refractivity contribution in [3.05, 3.63) is 72.3 Å². The maximum Gasteiger partial charge on any atom is 0.125 e. The van der Waals surface area contributed by atoms with Gasteiger partial charge in [-0.1, -0.05) is 43.3 Å². The van der Waals surface area contributed by atoms with Gasteiger partial charge in [-0.2, -0.15) is 0 Å². The molecule has 1 heterocycles. The first-order chi connectivity index (χ1) is 11.7. The summed E-state index contributed by atoms with van der Waals surface area (Å²) < 4.78 is 1.21. The van der Waals surface area contributed by atoms with E-state index in [4.69, 9.17) is 10.7 Å². The molecule has 1 aromatic heterocycles. The van der Waals surface area contributed by atoms with E-state index in [1.54, 1.807) is 11.3 Å². The van der Waals surface area contributed by atoms with Gasteiger partial charge >= 0.3 is 0 Å². The van der Waals surface area contributed by atoms with Crippen LogP contribution in [0, 0.1) is 0 Å². The molecule has 0 radical (unpaired) electrons. The van der Waals surface area contributed by atoms with Crippen LogP contribution in [0.4, 0.5) is 5.69 Å². The molecule has 0 unspecified atom stereocenters. The van der Waals surface area contributed by atoms with E-state index in [0.29, 0.717) is 0 Å². The number of aromatic nitrogens is 1. The summed E-state index contributed by atoms with van der Waals surface area (Å²) in [5, 5.41) is 1.03. The maximum atomic E-state index is 6.06. The number of para-hydroxylation sites is 1. The summed E-state index contributed by atoms with van der Waals surface area (Å²) in [7, 11) is 0. The molecule has 0 saturated carbocycles. The largest absolute Gasteiger partial charge is 0.399 e. The van der Waals surface area contributed by atoms with Crippen LogP contribution in [0.1, 0.15) is 12.5 Å².